The Bertz CT molecular complexity index is 1300. The van der Waals surface area contributed by atoms with Crippen molar-refractivity contribution in [2.24, 2.45) is 11.7 Å². The van der Waals surface area contributed by atoms with E-state index in [-0.39, 0.29) is 17.7 Å². The summed E-state index contributed by atoms with van der Waals surface area (Å²) in [7, 11) is 3.35. The molecule has 3 amide bonds. The molecule has 0 aliphatic carbocycles. The summed E-state index contributed by atoms with van der Waals surface area (Å²) in [6, 6.07) is 23.1. The van der Waals surface area contributed by atoms with Crippen molar-refractivity contribution < 1.29 is 14.4 Å². The maximum absolute atomic E-state index is 14.0. The number of rotatable bonds is 11. The second-order valence-corrected chi connectivity index (χ2v) is 11.2. The lowest BCUT2D eigenvalue weighted by Crippen LogP contribution is -2.56. The zero-order valence-corrected chi connectivity index (χ0v) is 23.9. The van der Waals surface area contributed by atoms with E-state index in [4.69, 9.17) is 5.73 Å². The predicted molar refractivity (Wildman–Crippen MR) is 160 cm³/mol. The number of hydrogen-bond acceptors (Lipinski definition) is 4. The molecule has 1 aliphatic heterocycles. The number of likely N-dealkylation sites (N-methyl/N-ethyl adjacent to an activating group) is 2. The van der Waals surface area contributed by atoms with Crippen LogP contribution in [0.2, 0.25) is 0 Å². The number of nitrogens with one attached hydrogen (secondary N) is 1. The van der Waals surface area contributed by atoms with Crippen molar-refractivity contribution in [3.63, 3.8) is 0 Å². The molecule has 0 aromatic heterocycles. The molecule has 4 atom stereocenters. The summed E-state index contributed by atoms with van der Waals surface area (Å²) < 4.78 is 0. The minimum atomic E-state index is -0.807. The molecule has 3 aromatic carbocycles. The van der Waals surface area contributed by atoms with Crippen LogP contribution in [0.4, 0.5) is 0 Å². The summed E-state index contributed by atoms with van der Waals surface area (Å²) in [4.78, 5) is 43.1. The fraction of sp³-hybridized carbons (Fsp3) is 0.424. The zero-order valence-electron chi connectivity index (χ0n) is 23.9. The van der Waals surface area contributed by atoms with Gasteiger partial charge in [-0.05, 0) is 60.9 Å². The molecular formula is C33H42N4O3. The largest absolute Gasteiger partial charge is 0.368 e. The first kappa shape index (κ1) is 29.3. The van der Waals surface area contributed by atoms with E-state index < -0.39 is 18.0 Å². The molecular weight excluding hydrogens is 500 g/mol. The normalized spacial score (nSPS) is 18.6. The van der Waals surface area contributed by atoms with Gasteiger partial charge in [-0.1, -0.05) is 72.8 Å². The minimum absolute atomic E-state index is 0.0319. The summed E-state index contributed by atoms with van der Waals surface area (Å²) in [5.41, 5.74) is 7.90. The van der Waals surface area contributed by atoms with Crippen molar-refractivity contribution in [1.29, 1.82) is 0 Å². The van der Waals surface area contributed by atoms with Gasteiger partial charge in [0.05, 0.1) is 5.92 Å². The third-order valence-corrected chi connectivity index (χ3v) is 8.28. The Labute approximate surface area is 237 Å². The summed E-state index contributed by atoms with van der Waals surface area (Å²) in [5.74, 6) is -1.02. The Kier molecular flexibility index (Phi) is 9.93. The summed E-state index contributed by atoms with van der Waals surface area (Å²) in [5, 5.41) is 5.77. The van der Waals surface area contributed by atoms with Crippen LogP contribution in [0.3, 0.4) is 0 Å². The number of aryl methyl sites for hydroxylation is 1. The lowest BCUT2D eigenvalue weighted by Gasteiger charge is -2.36. The number of nitrogens with zero attached hydrogens (tertiary/aromatic N) is 2. The molecule has 40 heavy (non-hydrogen) atoms. The number of hydrogen-bond donors (Lipinski definition) is 2. The molecule has 1 heterocycles. The molecule has 1 fully saturated rings. The molecule has 0 spiro atoms. The second-order valence-electron chi connectivity index (χ2n) is 11.2. The molecule has 3 N–H and O–H groups in total. The summed E-state index contributed by atoms with van der Waals surface area (Å²) in [6.07, 6.45) is 4.04. The number of carbonyl (C=O) groups is 3. The molecule has 2 unspecified atom stereocenters. The summed E-state index contributed by atoms with van der Waals surface area (Å²) >= 11 is 0. The molecule has 1 saturated heterocycles. The van der Waals surface area contributed by atoms with Crippen LogP contribution in [-0.2, 0) is 27.2 Å². The molecule has 0 radical (unpaired) electrons. The predicted octanol–water partition coefficient (Wildman–Crippen LogP) is 3.93. The second kappa shape index (κ2) is 13.6. The van der Waals surface area contributed by atoms with Crippen LogP contribution in [0.1, 0.15) is 43.7 Å². The molecule has 7 nitrogen and oxygen atoms in total. The number of nitrogens with two attached hydrogens (primary N) is 1. The van der Waals surface area contributed by atoms with E-state index in [2.05, 4.69) is 42.6 Å². The van der Waals surface area contributed by atoms with Gasteiger partial charge >= 0.3 is 0 Å². The fourth-order valence-corrected chi connectivity index (χ4v) is 5.68. The van der Waals surface area contributed by atoms with Crippen molar-refractivity contribution in [3.05, 3.63) is 83.9 Å². The van der Waals surface area contributed by atoms with Crippen LogP contribution in [0, 0.1) is 5.92 Å². The Morgan fingerprint density at radius 1 is 0.875 bits per heavy atom. The van der Waals surface area contributed by atoms with Gasteiger partial charge in [-0.25, -0.2) is 0 Å². The van der Waals surface area contributed by atoms with Gasteiger partial charge in [0.15, 0.2) is 0 Å². The van der Waals surface area contributed by atoms with Gasteiger partial charge in [-0.2, -0.15) is 0 Å². The van der Waals surface area contributed by atoms with Crippen molar-refractivity contribution in [1.82, 2.24) is 15.1 Å². The molecule has 7 heteroatoms. The van der Waals surface area contributed by atoms with Gasteiger partial charge in [0.1, 0.15) is 12.1 Å². The van der Waals surface area contributed by atoms with Gasteiger partial charge in [-0.15, -0.1) is 0 Å². The standard InChI is InChI=1S/C33H42N4O3/c1-23-16-18-28(22-35-23)32(39)36(2)29(15-9-12-25-17-19-26-13-7-8-14-27(26)20-25)33(40)37(3)30(31(34)38)21-24-10-5-4-6-11-24/h4-8,10-11,13-14,17,19-20,23,28-30,35H,9,12,15-16,18,21-22H2,1-3H3,(H2,34,38)/t23?,28?,29-,30-/m1/s1. The van der Waals surface area contributed by atoms with Crippen molar-refractivity contribution in [2.45, 2.75) is 63.6 Å². The third-order valence-electron chi connectivity index (χ3n) is 8.28. The summed E-state index contributed by atoms with van der Waals surface area (Å²) in [6.45, 7) is 2.73. The molecule has 1 aliphatic rings. The van der Waals surface area contributed by atoms with E-state index in [0.29, 0.717) is 25.4 Å². The van der Waals surface area contributed by atoms with E-state index in [1.807, 2.05) is 42.5 Å². The van der Waals surface area contributed by atoms with Gasteiger partial charge in [0.2, 0.25) is 17.7 Å². The number of benzene rings is 3. The van der Waals surface area contributed by atoms with Gasteiger partial charge in [0, 0.05) is 33.1 Å². The van der Waals surface area contributed by atoms with Gasteiger partial charge in [0.25, 0.3) is 0 Å². The average Bonchev–Trinajstić information content (AvgIpc) is 2.97. The lowest BCUT2D eigenvalue weighted by atomic mass is 9.93. The van der Waals surface area contributed by atoms with E-state index >= 15 is 0 Å². The van der Waals surface area contributed by atoms with E-state index in [1.165, 1.54) is 21.2 Å². The van der Waals surface area contributed by atoms with Crippen LogP contribution in [0.5, 0.6) is 0 Å². The number of fused-ring (bicyclic) bond motifs is 1. The quantitative estimate of drug-likeness (QED) is 0.384. The highest BCUT2D eigenvalue weighted by atomic mass is 16.2. The molecule has 3 aromatic rings. The Balaban J connectivity index is 1.51. The van der Waals surface area contributed by atoms with Gasteiger partial charge < -0.3 is 20.9 Å². The minimum Gasteiger partial charge on any atom is -0.368 e. The first-order chi connectivity index (χ1) is 19.2. The topological polar surface area (TPSA) is 95.7 Å². The number of carbonyl (C=O) groups excluding carboxylic acids is 3. The van der Waals surface area contributed by atoms with Crippen LogP contribution >= 0.6 is 0 Å². The van der Waals surface area contributed by atoms with Crippen LogP contribution in [0.15, 0.2) is 72.8 Å². The Morgan fingerprint density at radius 2 is 1.57 bits per heavy atom. The molecule has 0 bridgehead atoms. The third kappa shape index (κ3) is 7.27. The van der Waals surface area contributed by atoms with Crippen molar-refractivity contribution in [2.75, 3.05) is 20.6 Å². The number of primary amides is 1. The van der Waals surface area contributed by atoms with Gasteiger partial charge in [-0.3, -0.25) is 14.4 Å². The Morgan fingerprint density at radius 3 is 2.25 bits per heavy atom. The SMILES string of the molecule is CC1CCC(C(=O)N(C)[C@H](CCCc2ccc3ccccc3c2)C(=O)N(C)[C@H](Cc2ccccc2)C(N)=O)CN1. The maximum atomic E-state index is 14.0. The van der Waals surface area contributed by atoms with E-state index in [0.717, 1.165) is 31.2 Å². The van der Waals surface area contributed by atoms with Crippen LogP contribution in [-0.4, -0.2) is 66.3 Å². The first-order valence-corrected chi connectivity index (χ1v) is 14.3. The maximum Gasteiger partial charge on any atom is 0.245 e. The monoisotopic (exact) mass is 542 g/mol. The van der Waals surface area contributed by atoms with E-state index in [1.54, 1.807) is 19.0 Å². The van der Waals surface area contributed by atoms with Crippen LogP contribution < -0.4 is 11.1 Å². The fourth-order valence-electron chi connectivity index (χ4n) is 5.68. The van der Waals surface area contributed by atoms with E-state index in [9.17, 15) is 14.4 Å². The highest BCUT2D eigenvalue weighted by Crippen LogP contribution is 2.22. The molecule has 0 saturated carbocycles. The van der Waals surface area contributed by atoms with Crippen molar-refractivity contribution >= 4 is 28.5 Å². The zero-order chi connectivity index (χ0) is 28.6. The average molecular weight is 543 g/mol. The highest BCUT2D eigenvalue weighted by molar-refractivity contribution is 5.92. The lowest BCUT2D eigenvalue weighted by molar-refractivity contribution is -0.149. The van der Waals surface area contributed by atoms with Crippen LogP contribution in [0.25, 0.3) is 10.8 Å². The Hall–Kier alpha value is -3.71. The number of amides is 3. The number of piperidine rings is 1. The molecule has 4 rings (SSSR count). The molecule has 212 valence electrons. The first-order valence-electron chi connectivity index (χ1n) is 14.3. The van der Waals surface area contributed by atoms with Crippen molar-refractivity contribution in [3.8, 4) is 0 Å². The highest BCUT2D eigenvalue weighted by Gasteiger charge is 2.36. The smallest absolute Gasteiger partial charge is 0.245 e.